The van der Waals surface area contributed by atoms with E-state index in [0.29, 0.717) is 23.1 Å². The standard InChI is InChI=1S/C22H27ClN2O3/c1-27-19-8-9-21(28-2)17(13-19)14-22(26)24-15-20(25-10-3-4-11-25)16-6-5-7-18(23)12-16/h5-9,12-13,20H,3-4,10-11,14-15H2,1-2H3,(H,24,26). The molecule has 0 aromatic heterocycles. The van der Waals surface area contributed by atoms with Gasteiger partial charge >= 0.3 is 0 Å². The number of rotatable bonds is 8. The van der Waals surface area contributed by atoms with Gasteiger partial charge in [0.1, 0.15) is 11.5 Å². The van der Waals surface area contributed by atoms with E-state index in [1.165, 1.54) is 12.8 Å². The Morgan fingerprint density at radius 1 is 1.14 bits per heavy atom. The number of nitrogens with one attached hydrogen (secondary N) is 1. The molecule has 5 nitrogen and oxygen atoms in total. The average molecular weight is 403 g/mol. The van der Waals surface area contributed by atoms with Crippen LogP contribution in [0.3, 0.4) is 0 Å². The van der Waals surface area contributed by atoms with E-state index in [-0.39, 0.29) is 18.4 Å². The maximum atomic E-state index is 12.6. The Hall–Kier alpha value is -2.24. The summed E-state index contributed by atoms with van der Waals surface area (Å²) in [7, 11) is 3.21. The number of carbonyl (C=O) groups is 1. The fraction of sp³-hybridized carbons (Fsp3) is 0.409. The summed E-state index contributed by atoms with van der Waals surface area (Å²) >= 11 is 6.20. The largest absolute Gasteiger partial charge is 0.497 e. The number of hydrogen-bond acceptors (Lipinski definition) is 4. The van der Waals surface area contributed by atoms with Gasteiger partial charge in [0.2, 0.25) is 5.91 Å². The second-order valence-corrected chi connectivity index (χ2v) is 7.41. The topological polar surface area (TPSA) is 50.8 Å². The van der Waals surface area contributed by atoms with Crippen molar-refractivity contribution in [2.45, 2.75) is 25.3 Å². The number of likely N-dealkylation sites (tertiary alicyclic amines) is 1. The van der Waals surface area contributed by atoms with Gasteiger partial charge in [-0.2, -0.15) is 0 Å². The summed E-state index contributed by atoms with van der Waals surface area (Å²) in [5.74, 6) is 1.34. The van der Waals surface area contributed by atoms with Gasteiger partial charge in [0, 0.05) is 17.1 Å². The Morgan fingerprint density at radius 2 is 1.93 bits per heavy atom. The molecule has 28 heavy (non-hydrogen) atoms. The molecule has 1 heterocycles. The SMILES string of the molecule is COc1ccc(OC)c(CC(=O)NCC(c2cccc(Cl)c2)N2CCCC2)c1. The molecule has 0 spiro atoms. The Kier molecular flexibility index (Phi) is 7.18. The quantitative estimate of drug-likeness (QED) is 0.728. The summed E-state index contributed by atoms with van der Waals surface area (Å²) in [6, 6.07) is 13.5. The minimum absolute atomic E-state index is 0.0437. The number of halogens is 1. The van der Waals surface area contributed by atoms with Crippen molar-refractivity contribution in [2.24, 2.45) is 0 Å². The van der Waals surface area contributed by atoms with Crippen LogP contribution in [0.15, 0.2) is 42.5 Å². The van der Waals surface area contributed by atoms with E-state index in [1.807, 2.05) is 36.4 Å². The zero-order valence-electron chi connectivity index (χ0n) is 16.4. The van der Waals surface area contributed by atoms with E-state index in [1.54, 1.807) is 14.2 Å². The molecule has 1 aliphatic rings. The van der Waals surface area contributed by atoms with Gasteiger partial charge in [0.25, 0.3) is 0 Å². The van der Waals surface area contributed by atoms with Crippen molar-refractivity contribution in [3.05, 3.63) is 58.6 Å². The third kappa shape index (κ3) is 5.18. The van der Waals surface area contributed by atoms with Crippen LogP contribution >= 0.6 is 11.6 Å². The number of amides is 1. The highest BCUT2D eigenvalue weighted by molar-refractivity contribution is 6.30. The molecule has 1 amide bonds. The Labute approximate surface area is 171 Å². The molecule has 1 atom stereocenters. The zero-order valence-corrected chi connectivity index (χ0v) is 17.2. The normalized spacial score (nSPS) is 15.2. The van der Waals surface area contributed by atoms with Crippen LogP contribution in [0.5, 0.6) is 11.5 Å². The highest BCUT2D eigenvalue weighted by atomic mass is 35.5. The van der Waals surface area contributed by atoms with Gasteiger partial charge in [-0.3, -0.25) is 9.69 Å². The Morgan fingerprint density at radius 3 is 2.61 bits per heavy atom. The van der Waals surface area contributed by atoms with Crippen LogP contribution in [0.25, 0.3) is 0 Å². The Balaban J connectivity index is 1.68. The van der Waals surface area contributed by atoms with Crippen molar-refractivity contribution in [3.8, 4) is 11.5 Å². The summed E-state index contributed by atoms with van der Waals surface area (Å²) in [6.07, 6.45) is 2.61. The molecule has 6 heteroatoms. The number of carbonyl (C=O) groups excluding carboxylic acids is 1. The number of benzene rings is 2. The molecular formula is C22H27ClN2O3. The first-order valence-electron chi connectivity index (χ1n) is 9.58. The third-order valence-electron chi connectivity index (χ3n) is 5.15. The van der Waals surface area contributed by atoms with E-state index in [2.05, 4.69) is 16.3 Å². The van der Waals surface area contributed by atoms with E-state index in [9.17, 15) is 4.79 Å². The van der Waals surface area contributed by atoms with Gasteiger partial charge in [-0.25, -0.2) is 0 Å². The van der Waals surface area contributed by atoms with Crippen LogP contribution in [0, 0.1) is 0 Å². The van der Waals surface area contributed by atoms with Crippen molar-refractivity contribution < 1.29 is 14.3 Å². The van der Waals surface area contributed by atoms with Gasteiger partial charge in [-0.15, -0.1) is 0 Å². The first kappa shape index (κ1) is 20.5. The number of nitrogens with zero attached hydrogens (tertiary/aromatic N) is 1. The second-order valence-electron chi connectivity index (χ2n) is 6.97. The molecule has 1 aliphatic heterocycles. The van der Waals surface area contributed by atoms with E-state index >= 15 is 0 Å². The van der Waals surface area contributed by atoms with Crippen LogP contribution in [-0.4, -0.2) is 44.7 Å². The summed E-state index contributed by atoms with van der Waals surface area (Å²) < 4.78 is 10.6. The van der Waals surface area contributed by atoms with Gasteiger partial charge in [-0.1, -0.05) is 23.7 Å². The zero-order chi connectivity index (χ0) is 19.9. The minimum atomic E-state index is -0.0437. The van der Waals surface area contributed by atoms with Crippen molar-refractivity contribution >= 4 is 17.5 Å². The number of methoxy groups -OCH3 is 2. The number of ether oxygens (including phenoxy) is 2. The van der Waals surface area contributed by atoms with Gasteiger partial charge < -0.3 is 14.8 Å². The second kappa shape index (κ2) is 9.80. The van der Waals surface area contributed by atoms with Gasteiger partial charge in [0.15, 0.2) is 0 Å². The first-order chi connectivity index (χ1) is 13.6. The van der Waals surface area contributed by atoms with E-state index < -0.39 is 0 Å². The van der Waals surface area contributed by atoms with Crippen LogP contribution < -0.4 is 14.8 Å². The molecule has 0 saturated carbocycles. The first-order valence-corrected chi connectivity index (χ1v) is 9.95. The smallest absolute Gasteiger partial charge is 0.224 e. The molecule has 3 rings (SSSR count). The van der Waals surface area contributed by atoms with E-state index in [0.717, 1.165) is 24.2 Å². The molecule has 1 fully saturated rings. The van der Waals surface area contributed by atoms with Gasteiger partial charge in [0.05, 0.1) is 26.7 Å². The lowest BCUT2D eigenvalue weighted by Gasteiger charge is -2.28. The summed E-state index contributed by atoms with van der Waals surface area (Å²) in [5, 5.41) is 3.81. The summed E-state index contributed by atoms with van der Waals surface area (Å²) in [5.41, 5.74) is 1.94. The average Bonchev–Trinajstić information content (AvgIpc) is 3.22. The molecule has 1 unspecified atom stereocenters. The lowest BCUT2D eigenvalue weighted by molar-refractivity contribution is -0.120. The minimum Gasteiger partial charge on any atom is -0.497 e. The van der Waals surface area contributed by atoms with Crippen molar-refractivity contribution in [1.29, 1.82) is 0 Å². The molecule has 1 saturated heterocycles. The third-order valence-corrected chi connectivity index (χ3v) is 5.38. The molecule has 0 aliphatic carbocycles. The lowest BCUT2D eigenvalue weighted by atomic mass is 10.0. The van der Waals surface area contributed by atoms with Crippen LogP contribution in [0.1, 0.15) is 30.0 Å². The molecule has 0 bridgehead atoms. The van der Waals surface area contributed by atoms with Crippen molar-refractivity contribution in [3.63, 3.8) is 0 Å². The molecule has 0 radical (unpaired) electrons. The number of hydrogen-bond donors (Lipinski definition) is 1. The predicted molar refractivity (Wildman–Crippen MR) is 111 cm³/mol. The highest BCUT2D eigenvalue weighted by Gasteiger charge is 2.24. The van der Waals surface area contributed by atoms with Crippen LogP contribution in [0.2, 0.25) is 5.02 Å². The van der Waals surface area contributed by atoms with Crippen LogP contribution in [0.4, 0.5) is 0 Å². The lowest BCUT2D eigenvalue weighted by Crippen LogP contribution is -2.37. The maximum absolute atomic E-state index is 12.6. The fourth-order valence-corrected chi connectivity index (χ4v) is 3.89. The van der Waals surface area contributed by atoms with Crippen molar-refractivity contribution in [1.82, 2.24) is 10.2 Å². The molecule has 2 aromatic carbocycles. The molecule has 150 valence electrons. The Bertz CT molecular complexity index is 806. The monoisotopic (exact) mass is 402 g/mol. The highest BCUT2D eigenvalue weighted by Crippen LogP contribution is 2.27. The summed E-state index contributed by atoms with van der Waals surface area (Å²) in [4.78, 5) is 15.1. The van der Waals surface area contributed by atoms with E-state index in [4.69, 9.17) is 21.1 Å². The molecule has 1 N–H and O–H groups in total. The molecule has 2 aromatic rings. The predicted octanol–water partition coefficient (Wildman–Crippen LogP) is 3.85. The summed E-state index contributed by atoms with van der Waals surface area (Å²) in [6.45, 7) is 2.62. The van der Waals surface area contributed by atoms with Crippen LogP contribution in [-0.2, 0) is 11.2 Å². The molecular weight excluding hydrogens is 376 g/mol. The van der Waals surface area contributed by atoms with Gasteiger partial charge in [-0.05, 0) is 61.8 Å². The fourth-order valence-electron chi connectivity index (χ4n) is 3.69. The van der Waals surface area contributed by atoms with Crippen molar-refractivity contribution in [2.75, 3.05) is 33.9 Å². The maximum Gasteiger partial charge on any atom is 0.224 e.